The van der Waals surface area contributed by atoms with Gasteiger partial charge >= 0.3 is 0 Å². The van der Waals surface area contributed by atoms with Crippen LogP contribution >= 0.6 is 23.5 Å². The average Bonchev–Trinajstić information content (AvgIpc) is 2.14. The molecule has 4 heteroatoms. The summed E-state index contributed by atoms with van der Waals surface area (Å²) in [5.41, 5.74) is 0. The van der Waals surface area contributed by atoms with Crippen molar-refractivity contribution in [2.45, 2.75) is 18.9 Å². The summed E-state index contributed by atoms with van der Waals surface area (Å²) >= 11 is 7.36. The highest BCUT2D eigenvalue weighted by atomic mass is 35.5. The van der Waals surface area contributed by atoms with Crippen molar-refractivity contribution in [1.29, 1.82) is 0 Å². The first-order valence-electron chi connectivity index (χ1n) is 4.38. The topological polar surface area (TPSA) is 24.1 Å². The Morgan fingerprint density at radius 1 is 1.77 bits per heavy atom. The van der Waals surface area contributed by atoms with Crippen molar-refractivity contribution in [3.05, 3.63) is 23.9 Å². The molecule has 0 amide bonds. The van der Waals surface area contributed by atoms with Crippen molar-refractivity contribution in [2.75, 3.05) is 12.3 Å². The number of hydrogen-bond acceptors (Lipinski definition) is 3. The number of nitrogens with one attached hydrogen (secondary N) is 2. The van der Waals surface area contributed by atoms with Crippen LogP contribution in [0.5, 0.6) is 0 Å². The highest BCUT2D eigenvalue weighted by Gasteiger charge is 2.07. The van der Waals surface area contributed by atoms with E-state index < -0.39 is 0 Å². The molecule has 0 aromatic heterocycles. The molecule has 1 rings (SSSR count). The Kier molecular flexibility index (Phi) is 5.35. The lowest BCUT2D eigenvalue weighted by atomic mass is 10.2. The molecule has 0 bridgehead atoms. The van der Waals surface area contributed by atoms with Crippen molar-refractivity contribution >= 4 is 23.5 Å². The highest BCUT2D eigenvalue weighted by molar-refractivity contribution is 7.97. The largest absolute Gasteiger partial charge is 0.390 e. The summed E-state index contributed by atoms with van der Waals surface area (Å²) in [5, 5.41) is 3.92. The van der Waals surface area contributed by atoms with E-state index in [9.17, 15) is 0 Å². The van der Waals surface area contributed by atoms with Crippen molar-refractivity contribution < 1.29 is 0 Å². The maximum Gasteiger partial charge on any atom is 0.0379 e. The van der Waals surface area contributed by atoms with Gasteiger partial charge in [-0.2, -0.15) is 0 Å². The van der Waals surface area contributed by atoms with Crippen LogP contribution in [0, 0.1) is 0 Å². The van der Waals surface area contributed by atoms with E-state index in [0.717, 1.165) is 30.2 Å². The molecule has 0 radical (unpaired) electrons. The van der Waals surface area contributed by atoms with Crippen molar-refractivity contribution in [1.82, 2.24) is 10.0 Å². The van der Waals surface area contributed by atoms with Gasteiger partial charge in [-0.3, -0.25) is 4.72 Å². The van der Waals surface area contributed by atoms with Gasteiger partial charge in [-0.05, 0) is 19.0 Å². The molecule has 0 aliphatic carbocycles. The van der Waals surface area contributed by atoms with Crippen molar-refractivity contribution in [2.24, 2.45) is 0 Å². The Balaban J connectivity index is 1.99. The first-order chi connectivity index (χ1) is 6.29. The van der Waals surface area contributed by atoms with Crippen LogP contribution in [-0.4, -0.2) is 18.3 Å². The average molecular weight is 219 g/mol. The smallest absolute Gasteiger partial charge is 0.0379 e. The summed E-state index contributed by atoms with van der Waals surface area (Å²) in [5.74, 6) is 0.989. The summed E-state index contributed by atoms with van der Waals surface area (Å²) in [6.07, 6.45) is 6.11. The second kappa shape index (κ2) is 6.35. The minimum atomic E-state index is 0.540. The zero-order valence-electron chi connectivity index (χ0n) is 7.55. The van der Waals surface area contributed by atoms with Gasteiger partial charge in [0.25, 0.3) is 0 Å². The van der Waals surface area contributed by atoms with Gasteiger partial charge in [0.2, 0.25) is 0 Å². The van der Waals surface area contributed by atoms with E-state index in [2.05, 4.69) is 22.7 Å². The van der Waals surface area contributed by atoms with Crippen molar-refractivity contribution in [3.63, 3.8) is 0 Å². The molecule has 0 saturated heterocycles. The molecular weight excluding hydrogens is 204 g/mol. The van der Waals surface area contributed by atoms with Gasteiger partial charge < -0.3 is 5.32 Å². The van der Waals surface area contributed by atoms with Gasteiger partial charge in [0.1, 0.15) is 0 Å². The minimum Gasteiger partial charge on any atom is -0.390 e. The molecule has 13 heavy (non-hydrogen) atoms. The van der Waals surface area contributed by atoms with Crippen LogP contribution in [0.4, 0.5) is 0 Å². The fraction of sp³-hybridized carbons (Fsp3) is 0.556. The molecule has 0 saturated carbocycles. The molecule has 74 valence electrons. The van der Waals surface area contributed by atoms with E-state index in [0.29, 0.717) is 6.04 Å². The van der Waals surface area contributed by atoms with Gasteiger partial charge in [0.15, 0.2) is 0 Å². The van der Waals surface area contributed by atoms with Crippen LogP contribution in [0.3, 0.4) is 0 Å². The summed E-state index contributed by atoms with van der Waals surface area (Å²) in [4.78, 5) is 0. The second-order valence-electron chi connectivity index (χ2n) is 2.98. The van der Waals surface area contributed by atoms with Crippen LogP contribution < -0.4 is 10.0 Å². The SMILES string of the molecule is C=C(Cl)CCSNC1CC=CNC1. The summed E-state index contributed by atoms with van der Waals surface area (Å²) in [7, 11) is 0. The number of rotatable bonds is 5. The van der Waals surface area contributed by atoms with Gasteiger partial charge in [0, 0.05) is 23.4 Å². The van der Waals surface area contributed by atoms with Crippen LogP contribution in [0.15, 0.2) is 23.9 Å². The zero-order valence-corrected chi connectivity index (χ0v) is 9.13. The molecule has 2 nitrogen and oxygen atoms in total. The molecule has 1 atom stereocenters. The van der Waals surface area contributed by atoms with Gasteiger partial charge in [0.05, 0.1) is 0 Å². The number of hydrogen-bond donors (Lipinski definition) is 2. The van der Waals surface area contributed by atoms with E-state index in [1.807, 2.05) is 6.20 Å². The third kappa shape index (κ3) is 5.24. The molecule has 1 unspecified atom stereocenters. The number of halogens is 1. The normalized spacial score (nSPS) is 21.2. The quantitative estimate of drug-likeness (QED) is 0.547. The van der Waals surface area contributed by atoms with Crippen LogP contribution in [0.2, 0.25) is 0 Å². The Bertz CT molecular complexity index is 194. The van der Waals surface area contributed by atoms with Crippen LogP contribution in [0.25, 0.3) is 0 Å². The molecule has 0 spiro atoms. The zero-order chi connectivity index (χ0) is 9.52. The molecule has 2 N–H and O–H groups in total. The Labute approximate surface area is 88.9 Å². The Hall–Kier alpha value is -0.120. The maximum absolute atomic E-state index is 5.64. The lowest BCUT2D eigenvalue weighted by Gasteiger charge is -2.19. The molecule has 1 aliphatic heterocycles. The minimum absolute atomic E-state index is 0.540. The molecule has 1 aliphatic rings. The molecule has 1 heterocycles. The summed E-state index contributed by atoms with van der Waals surface area (Å²) in [6.45, 7) is 4.65. The van der Waals surface area contributed by atoms with Gasteiger partial charge in [-0.25, -0.2) is 0 Å². The van der Waals surface area contributed by atoms with Gasteiger partial charge in [-0.1, -0.05) is 36.2 Å². The first-order valence-corrected chi connectivity index (χ1v) is 5.74. The Morgan fingerprint density at radius 3 is 3.23 bits per heavy atom. The second-order valence-corrected chi connectivity index (χ2v) is 4.44. The Morgan fingerprint density at radius 2 is 2.62 bits per heavy atom. The van der Waals surface area contributed by atoms with E-state index in [4.69, 9.17) is 11.6 Å². The monoisotopic (exact) mass is 218 g/mol. The van der Waals surface area contributed by atoms with E-state index in [1.165, 1.54) is 0 Å². The molecule has 0 aromatic carbocycles. The maximum atomic E-state index is 5.64. The van der Waals surface area contributed by atoms with E-state index in [-0.39, 0.29) is 0 Å². The lowest BCUT2D eigenvalue weighted by molar-refractivity contribution is 0.583. The molecular formula is C9H15ClN2S. The summed E-state index contributed by atoms with van der Waals surface area (Å²) in [6, 6.07) is 0.540. The molecule has 0 fully saturated rings. The summed E-state index contributed by atoms with van der Waals surface area (Å²) < 4.78 is 3.38. The third-order valence-corrected chi connectivity index (χ3v) is 2.84. The van der Waals surface area contributed by atoms with E-state index >= 15 is 0 Å². The predicted molar refractivity (Wildman–Crippen MR) is 60.8 cm³/mol. The standard InChI is InChI=1S/C9H15ClN2S/c1-8(10)4-6-13-12-9-3-2-5-11-7-9/h2,5,9,11-12H,1,3-4,6-7H2. The highest BCUT2D eigenvalue weighted by Crippen LogP contribution is 2.10. The van der Waals surface area contributed by atoms with Gasteiger partial charge in [-0.15, -0.1) is 0 Å². The first kappa shape index (κ1) is 11.0. The predicted octanol–water partition coefficient (Wildman–Crippen LogP) is 2.24. The fourth-order valence-electron chi connectivity index (χ4n) is 1.04. The van der Waals surface area contributed by atoms with Crippen molar-refractivity contribution in [3.8, 4) is 0 Å². The fourth-order valence-corrected chi connectivity index (χ4v) is 2.13. The number of allylic oxidation sites excluding steroid dienone is 1. The lowest BCUT2D eigenvalue weighted by Crippen LogP contribution is -2.35. The van der Waals surface area contributed by atoms with E-state index in [1.54, 1.807) is 11.9 Å². The van der Waals surface area contributed by atoms with Crippen LogP contribution in [-0.2, 0) is 0 Å². The third-order valence-electron chi connectivity index (χ3n) is 1.75. The van der Waals surface area contributed by atoms with Crippen LogP contribution in [0.1, 0.15) is 12.8 Å². The molecule has 0 aromatic rings.